The van der Waals surface area contributed by atoms with Crippen molar-refractivity contribution in [2.45, 2.75) is 25.8 Å². The molecular weight excluding hydrogens is 428 g/mol. The van der Waals surface area contributed by atoms with Crippen LogP contribution in [-0.2, 0) is 4.79 Å². The Morgan fingerprint density at radius 2 is 2.00 bits per heavy atom. The number of hydrogen-bond acceptors (Lipinski definition) is 3. The quantitative estimate of drug-likeness (QED) is 0.420. The third-order valence-electron chi connectivity index (χ3n) is 5.29. The van der Waals surface area contributed by atoms with Crippen LogP contribution in [0.5, 0.6) is 0 Å². The van der Waals surface area contributed by atoms with Crippen LogP contribution in [-0.4, -0.2) is 25.7 Å². The van der Waals surface area contributed by atoms with Gasteiger partial charge in [0.05, 0.1) is 11.2 Å². The Hall–Kier alpha value is -2.90. The van der Waals surface area contributed by atoms with Gasteiger partial charge in [-0.3, -0.25) is 9.48 Å². The lowest BCUT2D eigenvalue weighted by Crippen LogP contribution is -2.24. The summed E-state index contributed by atoms with van der Waals surface area (Å²) in [7, 11) is 0. The highest BCUT2D eigenvalue weighted by Gasteiger charge is 2.22. The summed E-state index contributed by atoms with van der Waals surface area (Å²) in [5.74, 6) is -1.26. The molecule has 0 bridgehead atoms. The zero-order valence-electron chi connectivity index (χ0n) is 16.2. The van der Waals surface area contributed by atoms with Crippen LogP contribution in [0.4, 0.5) is 4.39 Å². The lowest BCUT2D eigenvalue weighted by atomic mass is 9.92. The van der Waals surface area contributed by atoms with Gasteiger partial charge in [0.2, 0.25) is 5.91 Å². The number of benzene rings is 1. The summed E-state index contributed by atoms with van der Waals surface area (Å²) < 4.78 is 15.5. The molecule has 0 aliphatic rings. The lowest BCUT2D eigenvalue weighted by molar-refractivity contribution is -0.120. The first kappa shape index (κ1) is 20.4. The van der Waals surface area contributed by atoms with Gasteiger partial charge < -0.3 is 10.7 Å². The average molecular weight is 446 g/mol. The molecule has 0 saturated heterocycles. The van der Waals surface area contributed by atoms with E-state index in [9.17, 15) is 9.18 Å². The van der Waals surface area contributed by atoms with Crippen molar-refractivity contribution in [3.8, 4) is 11.1 Å². The summed E-state index contributed by atoms with van der Waals surface area (Å²) in [6.07, 6.45) is 6.93. The number of aromatic nitrogens is 4. The van der Waals surface area contributed by atoms with Crippen molar-refractivity contribution in [2.24, 2.45) is 5.73 Å². The predicted molar refractivity (Wildman–Crippen MR) is 115 cm³/mol. The zero-order valence-corrected chi connectivity index (χ0v) is 17.7. The van der Waals surface area contributed by atoms with Gasteiger partial charge in [0.1, 0.15) is 17.5 Å². The number of H-pyrrole nitrogens is 1. The summed E-state index contributed by atoms with van der Waals surface area (Å²) in [6.45, 7) is 3.59. The molecule has 1 aromatic carbocycles. The van der Waals surface area contributed by atoms with Crippen LogP contribution in [0.25, 0.3) is 22.2 Å². The lowest BCUT2D eigenvalue weighted by Gasteiger charge is -2.15. The smallest absolute Gasteiger partial charge is 0.241 e. The van der Waals surface area contributed by atoms with E-state index in [0.717, 1.165) is 22.1 Å². The maximum Gasteiger partial charge on any atom is 0.241 e. The second-order valence-corrected chi connectivity index (χ2v) is 7.92. The molecule has 0 aliphatic heterocycles. The van der Waals surface area contributed by atoms with Gasteiger partial charge in [-0.15, -0.1) is 0 Å². The minimum absolute atomic E-state index is 0.00943. The van der Waals surface area contributed by atoms with Crippen LogP contribution in [0, 0.1) is 5.82 Å². The van der Waals surface area contributed by atoms with Crippen molar-refractivity contribution < 1.29 is 9.18 Å². The van der Waals surface area contributed by atoms with E-state index in [0.29, 0.717) is 16.2 Å². The van der Waals surface area contributed by atoms with E-state index >= 15 is 0 Å². The Morgan fingerprint density at radius 1 is 1.23 bits per heavy atom. The number of halogens is 3. The van der Waals surface area contributed by atoms with E-state index in [2.05, 4.69) is 15.1 Å². The molecule has 30 heavy (non-hydrogen) atoms. The van der Waals surface area contributed by atoms with Crippen molar-refractivity contribution in [3.63, 3.8) is 0 Å². The Morgan fingerprint density at radius 3 is 2.73 bits per heavy atom. The van der Waals surface area contributed by atoms with E-state index in [1.54, 1.807) is 25.5 Å². The monoisotopic (exact) mass is 445 g/mol. The average Bonchev–Trinajstić information content (AvgIpc) is 3.37. The van der Waals surface area contributed by atoms with Crippen molar-refractivity contribution in [1.29, 1.82) is 0 Å². The fourth-order valence-electron chi connectivity index (χ4n) is 3.46. The van der Waals surface area contributed by atoms with Gasteiger partial charge in [-0.05, 0) is 36.2 Å². The molecule has 0 fully saturated rings. The van der Waals surface area contributed by atoms with Crippen LogP contribution in [0.15, 0.2) is 43.0 Å². The van der Waals surface area contributed by atoms with Gasteiger partial charge in [0.25, 0.3) is 0 Å². The maximum atomic E-state index is 14.0. The highest BCUT2D eigenvalue weighted by Crippen LogP contribution is 2.39. The molecule has 154 valence electrons. The Bertz CT molecular complexity index is 1270. The number of nitrogens with one attached hydrogen (secondary N) is 1. The number of amides is 1. The van der Waals surface area contributed by atoms with Gasteiger partial charge in [-0.2, -0.15) is 5.10 Å². The fourth-order valence-corrected chi connectivity index (χ4v) is 4.16. The third-order valence-corrected chi connectivity index (χ3v) is 6.00. The van der Waals surface area contributed by atoms with Crippen molar-refractivity contribution in [1.82, 2.24) is 19.7 Å². The number of carbonyl (C=O) groups excluding carboxylic acids is 1. The van der Waals surface area contributed by atoms with Crippen LogP contribution in [0.2, 0.25) is 10.0 Å². The second-order valence-electron chi connectivity index (χ2n) is 7.13. The summed E-state index contributed by atoms with van der Waals surface area (Å²) in [4.78, 5) is 19.0. The number of pyridine rings is 1. The first-order chi connectivity index (χ1) is 14.3. The summed E-state index contributed by atoms with van der Waals surface area (Å²) in [5.41, 5.74) is 9.05. The summed E-state index contributed by atoms with van der Waals surface area (Å²) >= 11 is 12.5. The number of nitrogens with zero attached hydrogens (tertiary/aromatic N) is 3. The van der Waals surface area contributed by atoms with E-state index in [4.69, 9.17) is 28.9 Å². The maximum absolute atomic E-state index is 14.0. The van der Waals surface area contributed by atoms with E-state index in [1.165, 1.54) is 16.8 Å². The normalized spacial score (nSPS) is 13.5. The van der Waals surface area contributed by atoms with E-state index < -0.39 is 17.8 Å². The van der Waals surface area contributed by atoms with Gasteiger partial charge >= 0.3 is 0 Å². The molecule has 0 saturated carbocycles. The van der Waals surface area contributed by atoms with Crippen molar-refractivity contribution in [3.05, 3.63) is 70.0 Å². The highest BCUT2D eigenvalue weighted by molar-refractivity contribution is 6.36. The number of rotatable bonds is 5. The molecule has 4 rings (SSSR count). The molecular formula is C21H18Cl2FN5O. The Labute approximate surface area is 181 Å². The number of carbonyl (C=O) groups is 1. The molecule has 2 unspecified atom stereocenters. The van der Waals surface area contributed by atoms with Crippen LogP contribution >= 0.6 is 23.2 Å². The molecule has 9 heteroatoms. The Kier molecular flexibility index (Phi) is 5.26. The summed E-state index contributed by atoms with van der Waals surface area (Å²) in [5, 5.41) is 5.48. The van der Waals surface area contributed by atoms with Crippen molar-refractivity contribution in [2.75, 3.05) is 0 Å². The standard InChI is InChI=1S/C21H18Cl2FN5O/c1-10(18-16(22)3-4-17(24)19(18)23)15-8-27-21-14(15)5-12(6-26-21)13-7-28-29(9-13)11(2)20(25)30/h3-11H,1-2H3,(H2,25,30)(H,26,27). The molecule has 2 atom stereocenters. The number of primary amides is 1. The third kappa shape index (κ3) is 3.44. The van der Waals surface area contributed by atoms with Gasteiger partial charge in [-0.1, -0.05) is 30.1 Å². The topological polar surface area (TPSA) is 89.6 Å². The second kappa shape index (κ2) is 7.74. The zero-order chi connectivity index (χ0) is 21.6. The first-order valence-electron chi connectivity index (χ1n) is 9.22. The van der Waals surface area contributed by atoms with Gasteiger partial charge in [0, 0.05) is 46.0 Å². The molecule has 1 amide bonds. The molecule has 4 aromatic rings. The summed E-state index contributed by atoms with van der Waals surface area (Å²) in [6, 6.07) is 4.15. The predicted octanol–water partition coefficient (Wildman–Crippen LogP) is 5.07. The number of nitrogens with two attached hydrogens (primary N) is 1. The van der Waals surface area contributed by atoms with Gasteiger partial charge in [0.15, 0.2) is 0 Å². The Balaban J connectivity index is 1.78. The minimum atomic E-state index is -0.560. The van der Waals surface area contributed by atoms with Crippen LogP contribution in [0.1, 0.15) is 36.9 Å². The van der Waals surface area contributed by atoms with E-state index in [1.807, 2.05) is 19.2 Å². The van der Waals surface area contributed by atoms with Crippen LogP contribution < -0.4 is 5.73 Å². The fraction of sp³-hybridized carbons (Fsp3) is 0.190. The van der Waals surface area contributed by atoms with E-state index in [-0.39, 0.29) is 10.9 Å². The molecule has 0 radical (unpaired) electrons. The largest absolute Gasteiger partial charge is 0.368 e. The van der Waals surface area contributed by atoms with Crippen molar-refractivity contribution >= 4 is 40.1 Å². The number of hydrogen-bond donors (Lipinski definition) is 2. The number of fused-ring (bicyclic) bond motifs is 1. The number of aromatic amines is 1. The molecule has 3 heterocycles. The van der Waals surface area contributed by atoms with Crippen LogP contribution in [0.3, 0.4) is 0 Å². The molecule has 0 aliphatic carbocycles. The SMILES string of the molecule is CC(c1c(Cl)ccc(F)c1Cl)c1c[nH]c2ncc(-c3cnn(C(C)C(N)=O)c3)cc12. The highest BCUT2D eigenvalue weighted by atomic mass is 35.5. The molecule has 3 N–H and O–H groups in total. The first-order valence-corrected chi connectivity index (χ1v) is 9.97. The van der Waals surface area contributed by atoms with Gasteiger partial charge in [-0.25, -0.2) is 9.37 Å². The molecule has 3 aromatic heterocycles. The minimum Gasteiger partial charge on any atom is -0.368 e. The molecule has 0 spiro atoms. The molecule has 6 nitrogen and oxygen atoms in total.